The number of halogens is 3. The number of nitrogens with zero attached hydrogens (tertiary/aromatic N) is 1. The Morgan fingerprint density at radius 1 is 1.33 bits per heavy atom. The maximum atomic E-state index is 8.69. The summed E-state index contributed by atoms with van der Waals surface area (Å²) in [6.07, 6.45) is 0. The molecule has 0 amide bonds. The van der Waals surface area contributed by atoms with Crippen molar-refractivity contribution >= 4 is 34.8 Å². The van der Waals surface area contributed by atoms with Gasteiger partial charge in [-0.3, -0.25) is 0 Å². The summed E-state index contributed by atoms with van der Waals surface area (Å²) in [7, 11) is 0. The highest BCUT2D eigenvalue weighted by Crippen LogP contribution is 2.25. The standard InChI is InChI=1S/C8H4Cl3N/c9-3-5-1-6(10)2-8(11)7(5)4-12/h1-2H,3H2. The molecule has 0 aromatic heterocycles. The SMILES string of the molecule is N#Cc1c(Cl)cc(Cl)cc1CCl. The molecule has 0 fully saturated rings. The predicted octanol–water partition coefficient (Wildman–Crippen LogP) is 3.60. The van der Waals surface area contributed by atoms with E-state index in [-0.39, 0.29) is 5.88 Å². The van der Waals surface area contributed by atoms with Gasteiger partial charge in [0.15, 0.2) is 0 Å². The Balaban J connectivity index is 3.36. The van der Waals surface area contributed by atoms with Gasteiger partial charge in [-0.2, -0.15) is 5.26 Å². The summed E-state index contributed by atoms with van der Waals surface area (Å²) in [6.45, 7) is 0. The quantitative estimate of drug-likeness (QED) is 0.663. The molecule has 0 saturated carbocycles. The molecule has 0 spiro atoms. The van der Waals surface area contributed by atoms with Crippen LogP contribution < -0.4 is 0 Å². The van der Waals surface area contributed by atoms with E-state index in [0.717, 1.165) is 0 Å². The molecule has 0 aliphatic carbocycles. The Morgan fingerprint density at radius 3 is 2.50 bits per heavy atom. The van der Waals surface area contributed by atoms with Crippen LogP contribution in [-0.2, 0) is 5.88 Å². The van der Waals surface area contributed by atoms with Crippen molar-refractivity contribution in [3.63, 3.8) is 0 Å². The summed E-state index contributed by atoms with van der Waals surface area (Å²) in [5, 5.41) is 9.53. The van der Waals surface area contributed by atoms with E-state index in [2.05, 4.69) is 0 Å². The van der Waals surface area contributed by atoms with Crippen LogP contribution in [0.5, 0.6) is 0 Å². The lowest BCUT2D eigenvalue weighted by molar-refractivity contribution is 1.35. The fourth-order valence-electron chi connectivity index (χ4n) is 0.857. The lowest BCUT2D eigenvalue weighted by atomic mass is 10.1. The number of hydrogen-bond donors (Lipinski definition) is 0. The highest BCUT2D eigenvalue weighted by Gasteiger charge is 2.06. The maximum absolute atomic E-state index is 8.69. The highest BCUT2D eigenvalue weighted by atomic mass is 35.5. The largest absolute Gasteiger partial charge is 0.192 e. The van der Waals surface area contributed by atoms with Crippen LogP contribution in [0, 0.1) is 11.3 Å². The average Bonchev–Trinajstić information content (AvgIpc) is 2.03. The van der Waals surface area contributed by atoms with E-state index < -0.39 is 0 Å². The monoisotopic (exact) mass is 219 g/mol. The van der Waals surface area contributed by atoms with E-state index in [1.807, 2.05) is 6.07 Å². The summed E-state index contributed by atoms with van der Waals surface area (Å²) in [6, 6.07) is 5.13. The van der Waals surface area contributed by atoms with Crippen molar-refractivity contribution in [2.75, 3.05) is 0 Å². The molecule has 1 aromatic rings. The first-order valence-electron chi connectivity index (χ1n) is 3.13. The second-order valence-electron chi connectivity index (χ2n) is 2.17. The van der Waals surface area contributed by atoms with E-state index >= 15 is 0 Å². The second-order valence-corrected chi connectivity index (χ2v) is 3.28. The van der Waals surface area contributed by atoms with Gasteiger partial charge in [0.2, 0.25) is 0 Å². The Bertz CT molecular complexity index is 341. The van der Waals surface area contributed by atoms with Gasteiger partial charge in [0.05, 0.1) is 10.6 Å². The van der Waals surface area contributed by atoms with Crippen LogP contribution >= 0.6 is 34.8 Å². The van der Waals surface area contributed by atoms with Crippen molar-refractivity contribution in [1.82, 2.24) is 0 Å². The number of rotatable bonds is 1. The van der Waals surface area contributed by atoms with Gasteiger partial charge in [-0.1, -0.05) is 23.2 Å². The fourth-order valence-corrected chi connectivity index (χ4v) is 1.65. The van der Waals surface area contributed by atoms with Gasteiger partial charge in [-0.05, 0) is 17.7 Å². The Morgan fingerprint density at radius 2 is 2.00 bits per heavy atom. The minimum absolute atomic E-state index is 0.239. The van der Waals surface area contributed by atoms with Crippen molar-refractivity contribution in [1.29, 1.82) is 5.26 Å². The molecule has 0 aliphatic rings. The molecule has 0 saturated heterocycles. The number of nitriles is 1. The summed E-state index contributed by atoms with van der Waals surface area (Å²) in [5.41, 5.74) is 1.06. The summed E-state index contributed by atoms with van der Waals surface area (Å²) >= 11 is 17.0. The van der Waals surface area contributed by atoms with Gasteiger partial charge in [0.25, 0.3) is 0 Å². The Labute approximate surface area is 85.5 Å². The zero-order valence-corrected chi connectivity index (χ0v) is 8.21. The van der Waals surface area contributed by atoms with Crippen LogP contribution in [0.25, 0.3) is 0 Å². The molecule has 4 heteroatoms. The first kappa shape index (κ1) is 9.67. The third-order valence-corrected chi connectivity index (χ3v) is 2.20. The average molecular weight is 220 g/mol. The molecule has 0 bridgehead atoms. The molecular weight excluding hydrogens is 216 g/mol. The maximum Gasteiger partial charge on any atom is 0.101 e. The lowest BCUT2D eigenvalue weighted by Crippen LogP contribution is -1.87. The Hall–Kier alpha value is -0.420. The number of hydrogen-bond acceptors (Lipinski definition) is 1. The van der Waals surface area contributed by atoms with Crippen molar-refractivity contribution in [2.24, 2.45) is 0 Å². The van der Waals surface area contributed by atoms with Crippen molar-refractivity contribution in [3.8, 4) is 6.07 Å². The molecule has 1 aromatic carbocycles. The lowest BCUT2D eigenvalue weighted by Gasteiger charge is -2.01. The molecule has 0 aliphatic heterocycles. The van der Waals surface area contributed by atoms with Crippen molar-refractivity contribution in [2.45, 2.75) is 5.88 Å². The van der Waals surface area contributed by atoms with Crippen molar-refractivity contribution in [3.05, 3.63) is 33.3 Å². The molecule has 0 unspecified atom stereocenters. The van der Waals surface area contributed by atoms with Crippen molar-refractivity contribution < 1.29 is 0 Å². The van der Waals surface area contributed by atoms with Gasteiger partial charge in [-0.15, -0.1) is 11.6 Å². The summed E-state index contributed by atoms with van der Waals surface area (Å²) in [4.78, 5) is 0. The molecule has 1 nitrogen and oxygen atoms in total. The molecule has 1 rings (SSSR count). The van der Waals surface area contributed by atoms with Gasteiger partial charge in [0, 0.05) is 10.9 Å². The third kappa shape index (κ3) is 1.84. The molecule has 0 heterocycles. The summed E-state index contributed by atoms with van der Waals surface area (Å²) < 4.78 is 0. The molecule has 62 valence electrons. The molecular formula is C8H4Cl3N. The molecule has 12 heavy (non-hydrogen) atoms. The van der Waals surface area contributed by atoms with E-state index in [1.54, 1.807) is 6.07 Å². The van der Waals surface area contributed by atoms with Gasteiger partial charge in [0.1, 0.15) is 6.07 Å². The third-order valence-electron chi connectivity index (χ3n) is 1.39. The first-order valence-corrected chi connectivity index (χ1v) is 4.42. The fraction of sp³-hybridized carbons (Fsp3) is 0.125. The molecule has 0 atom stereocenters. The summed E-state index contributed by atoms with van der Waals surface area (Å²) in [5.74, 6) is 0.239. The molecule has 0 radical (unpaired) electrons. The van der Waals surface area contributed by atoms with Crippen LogP contribution in [0.1, 0.15) is 11.1 Å². The molecule has 0 N–H and O–H groups in total. The van der Waals surface area contributed by atoms with E-state index in [4.69, 9.17) is 40.1 Å². The van der Waals surface area contributed by atoms with Crippen LogP contribution in [0.15, 0.2) is 12.1 Å². The minimum Gasteiger partial charge on any atom is -0.192 e. The van der Waals surface area contributed by atoms with Crippen LogP contribution in [0.2, 0.25) is 10.0 Å². The van der Waals surface area contributed by atoms with Gasteiger partial charge < -0.3 is 0 Å². The minimum atomic E-state index is 0.239. The van der Waals surface area contributed by atoms with Gasteiger partial charge >= 0.3 is 0 Å². The van der Waals surface area contributed by atoms with E-state index in [0.29, 0.717) is 21.2 Å². The normalized spacial score (nSPS) is 9.50. The first-order chi connectivity index (χ1) is 5.69. The topological polar surface area (TPSA) is 23.8 Å². The van der Waals surface area contributed by atoms with Crippen LogP contribution in [0.3, 0.4) is 0 Å². The van der Waals surface area contributed by atoms with Crippen LogP contribution in [-0.4, -0.2) is 0 Å². The predicted molar refractivity (Wildman–Crippen MR) is 50.7 cm³/mol. The van der Waals surface area contributed by atoms with Crippen LogP contribution in [0.4, 0.5) is 0 Å². The van der Waals surface area contributed by atoms with Gasteiger partial charge in [-0.25, -0.2) is 0 Å². The van der Waals surface area contributed by atoms with E-state index in [9.17, 15) is 0 Å². The number of benzene rings is 1. The zero-order valence-electron chi connectivity index (χ0n) is 5.94. The van der Waals surface area contributed by atoms with E-state index in [1.165, 1.54) is 6.07 Å². The second kappa shape index (κ2) is 4.00. The highest BCUT2D eigenvalue weighted by molar-refractivity contribution is 6.35. The Kier molecular flexibility index (Phi) is 3.22. The smallest absolute Gasteiger partial charge is 0.101 e. The zero-order chi connectivity index (χ0) is 9.14. The number of alkyl halides is 1.